The third kappa shape index (κ3) is 2.77. The van der Waals surface area contributed by atoms with Crippen LogP contribution < -0.4 is 5.32 Å². The van der Waals surface area contributed by atoms with Crippen molar-refractivity contribution < 1.29 is 13.6 Å². The highest BCUT2D eigenvalue weighted by molar-refractivity contribution is 5.92. The van der Waals surface area contributed by atoms with Gasteiger partial charge in [-0.05, 0) is 12.1 Å². The van der Waals surface area contributed by atoms with Crippen LogP contribution >= 0.6 is 0 Å². The van der Waals surface area contributed by atoms with Crippen LogP contribution in [0.5, 0.6) is 0 Å². The summed E-state index contributed by atoms with van der Waals surface area (Å²) in [5.74, 6) is -1.30. The van der Waals surface area contributed by atoms with Gasteiger partial charge >= 0.3 is 0 Å². The van der Waals surface area contributed by atoms with Crippen molar-refractivity contribution in [2.24, 2.45) is 0 Å². The van der Waals surface area contributed by atoms with Crippen molar-refractivity contribution in [3.05, 3.63) is 29.8 Å². The quantitative estimate of drug-likeness (QED) is 0.713. The van der Waals surface area contributed by atoms with Gasteiger partial charge in [0.05, 0.1) is 0 Å². The molecule has 0 unspecified atom stereocenters. The summed E-state index contributed by atoms with van der Waals surface area (Å²) in [5.41, 5.74) is -0.0477. The monoisotopic (exact) mass is 186 g/mol. The van der Waals surface area contributed by atoms with E-state index in [0.29, 0.717) is 0 Å². The van der Waals surface area contributed by atoms with E-state index >= 15 is 0 Å². The zero-order chi connectivity index (χ0) is 9.68. The summed E-state index contributed by atoms with van der Waals surface area (Å²) in [6.45, 7) is -0.738. The van der Waals surface area contributed by atoms with Crippen molar-refractivity contribution in [2.75, 3.05) is 13.2 Å². The topological polar surface area (TPSA) is 42.0 Å². The number of carbonyl (C=O) groups is 1. The Kier molecular flexibility index (Phi) is 3.31. The molecule has 0 saturated carbocycles. The molecule has 13 heavy (non-hydrogen) atoms. The molecule has 0 aromatic carbocycles. The maximum Gasteiger partial charge on any atom is 0.270 e. The molecule has 70 valence electrons. The van der Waals surface area contributed by atoms with Crippen molar-refractivity contribution in [3.63, 3.8) is 0 Å². The first-order valence-corrected chi connectivity index (χ1v) is 3.71. The molecule has 0 aliphatic heterocycles. The summed E-state index contributed by atoms with van der Waals surface area (Å²) < 4.78 is 24.1. The third-order valence-corrected chi connectivity index (χ3v) is 1.33. The fraction of sp³-hybridized carbons (Fsp3) is 0.250. The number of rotatable bonds is 3. The minimum Gasteiger partial charge on any atom is -0.348 e. The Bertz CT molecular complexity index is 304. The maximum atomic E-state index is 12.5. The first kappa shape index (κ1) is 9.57. The highest BCUT2D eigenvalue weighted by Crippen LogP contribution is 1.96. The number of halogens is 2. The molecular weight excluding hydrogens is 178 g/mol. The Hall–Kier alpha value is -1.52. The van der Waals surface area contributed by atoms with Gasteiger partial charge in [-0.1, -0.05) is 6.07 Å². The minimum absolute atomic E-state index is 0.0477. The second-order valence-electron chi connectivity index (χ2n) is 2.29. The van der Waals surface area contributed by atoms with E-state index in [1.807, 2.05) is 0 Å². The molecule has 0 aliphatic rings. The molecule has 0 bridgehead atoms. The Labute approximate surface area is 73.8 Å². The number of alkyl halides is 1. The Morgan fingerprint density at radius 1 is 1.54 bits per heavy atom. The number of hydrogen-bond acceptors (Lipinski definition) is 2. The van der Waals surface area contributed by atoms with E-state index in [4.69, 9.17) is 0 Å². The Morgan fingerprint density at radius 3 is 2.92 bits per heavy atom. The first-order chi connectivity index (χ1) is 6.24. The van der Waals surface area contributed by atoms with Crippen LogP contribution in [0.25, 0.3) is 0 Å². The lowest BCUT2D eigenvalue weighted by Gasteiger charge is -2.00. The molecule has 1 rings (SSSR count). The molecule has 1 heterocycles. The van der Waals surface area contributed by atoms with Crippen molar-refractivity contribution in [3.8, 4) is 0 Å². The van der Waals surface area contributed by atoms with E-state index in [-0.39, 0.29) is 12.2 Å². The zero-order valence-electron chi connectivity index (χ0n) is 6.76. The number of nitrogens with one attached hydrogen (secondary N) is 1. The van der Waals surface area contributed by atoms with E-state index in [1.165, 1.54) is 12.1 Å². The van der Waals surface area contributed by atoms with Crippen molar-refractivity contribution in [1.29, 1.82) is 0 Å². The van der Waals surface area contributed by atoms with Crippen molar-refractivity contribution in [1.82, 2.24) is 10.3 Å². The van der Waals surface area contributed by atoms with Crippen LogP contribution in [0.15, 0.2) is 18.2 Å². The second kappa shape index (κ2) is 4.49. The predicted molar refractivity (Wildman–Crippen MR) is 42.5 cm³/mol. The van der Waals surface area contributed by atoms with Gasteiger partial charge in [-0.25, -0.2) is 9.37 Å². The summed E-state index contributed by atoms with van der Waals surface area (Å²) in [7, 11) is 0. The van der Waals surface area contributed by atoms with Gasteiger partial charge in [-0.2, -0.15) is 4.39 Å². The highest BCUT2D eigenvalue weighted by Gasteiger charge is 2.06. The summed E-state index contributed by atoms with van der Waals surface area (Å²) in [5, 5.41) is 2.23. The lowest BCUT2D eigenvalue weighted by molar-refractivity contribution is 0.0944. The first-order valence-electron chi connectivity index (χ1n) is 3.71. The average Bonchev–Trinajstić information content (AvgIpc) is 2.14. The molecule has 3 nitrogen and oxygen atoms in total. The average molecular weight is 186 g/mol. The van der Waals surface area contributed by atoms with Gasteiger partial charge in [0.15, 0.2) is 0 Å². The van der Waals surface area contributed by atoms with Crippen LogP contribution in [0, 0.1) is 5.95 Å². The van der Waals surface area contributed by atoms with Crippen LogP contribution in [0.3, 0.4) is 0 Å². The molecule has 1 aromatic heterocycles. The van der Waals surface area contributed by atoms with Crippen LogP contribution in [-0.2, 0) is 0 Å². The van der Waals surface area contributed by atoms with Crippen LogP contribution in [-0.4, -0.2) is 24.1 Å². The van der Waals surface area contributed by atoms with Gasteiger partial charge in [-0.15, -0.1) is 0 Å². The van der Waals surface area contributed by atoms with Crippen LogP contribution in [0.1, 0.15) is 10.5 Å². The Balaban J connectivity index is 2.66. The van der Waals surface area contributed by atoms with Crippen LogP contribution in [0.4, 0.5) is 8.78 Å². The van der Waals surface area contributed by atoms with E-state index < -0.39 is 18.5 Å². The second-order valence-corrected chi connectivity index (χ2v) is 2.29. The molecule has 1 N–H and O–H groups in total. The molecule has 0 radical (unpaired) electrons. The summed E-state index contributed by atoms with van der Waals surface area (Å²) in [6.07, 6.45) is 0. The third-order valence-electron chi connectivity index (χ3n) is 1.33. The van der Waals surface area contributed by atoms with E-state index in [9.17, 15) is 13.6 Å². The lowest BCUT2D eigenvalue weighted by Crippen LogP contribution is -2.26. The van der Waals surface area contributed by atoms with E-state index in [0.717, 1.165) is 6.07 Å². The van der Waals surface area contributed by atoms with Gasteiger partial charge in [0.2, 0.25) is 5.95 Å². The number of nitrogens with zero attached hydrogens (tertiary/aromatic N) is 1. The zero-order valence-corrected chi connectivity index (χ0v) is 6.76. The predicted octanol–water partition coefficient (Wildman–Crippen LogP) is 0.920. The summed E-state index contributed by atoms with van der Waals surface area (Å²) in [6, 6.07) is 3.86. The SMILES string of the molecule is O=C(NCCF)c1cccc(F)n1. The molecule has 0 aliphatic carbocycles. The van der Waals surface area contributed by atoms with Crippen molar-refractivity contribution >= 4 is 5.91 Å². The minimum atomic E-state index is -0.729. The molecule has 0 saturated heterocycles. The number of pyridine rings is 1. The van der Waals surface area contributed by atoms with Gasteiger partial charge in [-0.3, -0.25) is 4.79 Å². The van der Waals surface area contributed by atoms with E-state index in [1.54, 1.807) is 0 Å². The van der Waals surface area contributed by atoms with Crippen LogP contribution in [0.2, 0.25) is 0 Å². The summed E-state index contributed by atoms with van der Waals surface area (Å²) >= 11 is 0. The molecule has 0 spiro atoms. The molecular formula is C8H8F2N2O. The molecule has 0 atom stereocenters. The van der Waals surface area contributed by atoms with Gasteiger partial charge in [0, 0.05) is 6.54 Å². The van der Waals surface area contributed by atoms with Gasteiger partial charge in [0.25, 0.3) is 5.91 Å². The Morgan fingerprint density at radius 2 is 2.31 bits per heavy atom. The maximum absolute atomic E-state index is 12.5. The van der Waals surface area contributed by atoms with Gasteiger partial charge in [0.1, 0.15) is 12.4 Å². The normalized spacial score (nSPS) is 9.69. The number of amides is 1. The molecule has 1 aromatic rings. The lowest BCUT2D eigenvalue weighted by atomic mass is 10.3. The van der Waals surface area contributed by atoms with Crippen molar-refractivity contribution in [2.45, 2.75) is 0 Å². The molecule has 0 fully saturated rings. The van der Waals surface area contributed by atoms with E-state index in [2.05, 4.69) is 10.3 Å². The fourth-order valence-corrected chi connectivity index (χ4v) is 0.786. The smallest absolute Gasteiger partial charge is 0.270 e. The summed E-state index contributed by atoms with van der Waals surface area (Å²) in [4.78, 5) is 14.4. The standard InChI is InChI=1S/C8H8F2N2O/c9-4-5-11-8(13)6-2-1-3-7(10)12-6/h1-3H,4-5H2,(H,11,13). The fourth-order valence-electron chi connectivity index (χ4n) is 0.786. The highest BCUT2D eigenvalue weighted by atomic mass is 19.1. The van der Waals surface area contributed by atoms with Gasteiger partial charge < -0.3 is 5.32 Å². The number of carbonyl (C=O) groups excluding carboxylic acids is 1. The molecule has 1 amide bonds. The number of aromatic nitrogens is 1. The number of hydrogen-bond donors (Lipinski definition) is 1. The largest absolute Gasteiger partial charge is 0.348 e. The molecule has 5 heteroatoms.